The van der Waals surface area contributed by atoms with Crippen molar-refractivity contribution in [2.45, 2.75) is 83.5 Å². The van der Waals surface area contributed by atoms with Gasteiger partial charge in [0, 0.05) is 38.7 Å². The summed E-state index contributed by atoms with van der Waals surface area (Å²) >= 11 is 1.77. The smallest absolute Gasteiger partial charge is 0.410 e. The number of rotatable bonds is 8. The van der Waals surface area contributed by atoms with Crippen molar-refractivity contribution in [2.24, 2.45) is 7.05 Å². The van der Waals surface area contributed by atoms with E-state index in [2.05, 4.69) is 39.9 Å². The van der Waals surface area contributed by atoms with E-state index in [0.29, 0.717) is 25.6 Å². The van der Waals surface area contributed by atoms with Crippen molar-refractivity contribution in [3.8, 4) is 23.0 Å². The van der Waals surface area contributed by atoms with Crippen molar-refractivity contribution in [1.29, 1.82) is 0 Å². The first-order valence-electron chi connectivity index (χ1n) is 15.2. The van der Waals surface area contributed by atoms with Gasteiger partial charge in [-0.25, -0.2) is 9.78 Å². The molecule has 2 aliphatic rings. The van der Waals surface area contributed by atoms with Gasteiger partial charge in [0.25, 0.3) is 0 Å². The number of hydrogen-bond acceptors (Lipinski definition) is 6. The molecule has 4 aromatic rings. The molecule has 9 heteroatoms. The van der Waals surface area contributed by atoms with Crippen LogP contribution in [0.4, 0.5) is 4.79 Å². The van der Waals surface area contributed by atoms with Crippen LogP contribution >= 0.6 is 11.3 Å². The van der Waals surface area contributed by atoms with Crippen LogP contribution in [0.5, 0.6) is 11.5 Å². The Bertz CT molecular complexity index is 1510. The minimum Gasteiger partial charge on any atom is -0.492 e. The monoisotopic (exact) mass is 590 g/mol. The van der Waals surface area contributed by atoms with E-state index in [-0.39, 0.29) is 12.2 Å². The lowest BCUT2D eigenvalue weighted by Gasteiger charge is -2.26. The van der Waals surface area contributed by atoms with E-state index in [0.717, 1.165) is 48.8 Å². The molecule has 224 valence electrons. The Morgan fingerprint density at radius 2 is 1.81 bits per heavy atom. The van der Waals surface area contributed by atoms with Gasteiger partial charge in [0.2, 0.25) is 0 Å². The van der Waals surface area contributed by atoms with Crippen LogP contribution in [0.3, 0.4) is 0 Å². The summed E-state index contributed by atoms with van der Waals surface area (Å²) in [6, 6.07) is 12.3. The molecular weight excluding hydrogens is 548 g/mol. The molecule has 2 fully saturated rings. The van der Waals surface area contributed by atoms with Crippen molar-refractivity contribution in [3.63, 3.8) is 0 Å². The summed E-state index contributed by atoms with van der Waals surface area (Å²) in [4.78, 5) is 19.4. The lowest BCUT2D eigenvalue weighted by Crippen LogP contribution is -2.37. The van der Waals surface area contributed by atoms with Crippen LogP contribution < -0.4 is 9.47 Å². The maximum Gasteiger partial charge on any atom is 0.410 e. The molecule has 1 aromatic carbocycles. The van der Waals surface area contributed by atoms with E-state index < -0.39 is 5.60 Å². The molecule has 6 rings (SSSR count). The Kier molecular flexibility index (Phi) is 8.21. The van der Waals surface area contributed by atoms with Crippen LogP contribution in [0.1, 0.15) is 70.9 Å². The summed E-state index contributed by atoms with van der Waals surface area (Å²) in [5.41, 5.74) is 3.12. The fraction of sp³-hybridized carbons (Fsp3) is 0.515. The number of fused-ring (bicyclic) bond motifs is 1. The predicted molar refractivity (Wildman–Crippen MR) is 167 cm³/mol. The first-order valence-corrected chi connectivity index (χ1v) is 16.1. The Balaban J connectivity index is 1.04. The molecule has 8 nitrogen and oxygen atoms in total. The number of nitrogens with zero attached hydrogens (tertiary/aromatic N) is 4. The van der Waals surface area contributed by atoms with E-state index in [1.165, 1.54) is 35.2 Å². The van der Waals surface area contributed by atoms with Crippen LogP contribution in [0.2, 0.25) is 0 Å². The number of thiophene rings is 1. The zero-order valence-electron chi connectivity index (χ0n) is 25.2. The van der Waals surface area contributed by atoms with Gasteiger partial charge < -0.3 is 28.2 Å². The number of benzene rings is 1. The lowest BCUT2D eigenvalue weighted by atomic mass is 9.83. The van der Waals surface area contributed by atoms with Crippen LogP contribution in [0.25, 0.3) is 21.7 Å². The highest BCUT2D eigenvalue weighted by molar-refractivity contribution is 7.17. The van der Waals surface area contributed by atoms with E-state index >= 15 is 0 Å². The molecule has 1 atom stereocenters. The third-order valence-electron chi connectivity index (χ3n) is 8.27. The second-order valence-electron chi connectivity index (χ2n) is 12.5. The van der Waals surface area contributed by atoms with Gasteiger partial charge in [-0.15, -0.1) is 11.3 Å². The fourth-order valence-corrected chi connectivity index (χ4v) is 6.59. The standard InChI is InChI=1S/C33H42N4O4S/c1-33(2,3)41-32(38)36-16-6-9-25(14-17-36)40-26-12-10-24(11-13-26)39-19-18-37-22-27(23-7-5-8-23)34-31(37)29-21-30-28(35(29)4)15-20-42-30/h10-13,15,20-23,25H,5-9,14,16-19H2,1-4H3. The number of ether oxygens (including phenoxy) is 3. The van der Waals surface area contributed by atoms with Gasteiger partial charge >= 0.3 is 6.09 Å². The first kappa shape index (κ1) is 28.6. The molecule has 1 aliphatic carbocycles. The minimum atomic E-state index is -0.484. The summed E-state index contributed by atoms with van der Waals surface area (Å²) < 4.78 is 23.8. The molecule has 0 bridgehead atoms. The molecule has 4 heterocycles. The first-order chi connectivity index (χ1) is 20.2. The molecule has 1 unspecified atom stereocenters. The van der Waals surface area contributed by atoms with Crippen LogP contribution in [0.15, 0.2) is 48.0 Å². The zero-order chi connectivity index (χ0) is 29.3. The van der Waals surface area contributed by atoms with Crippen LogP contribution in [-0.2, 0) is 18.3 Å². The number of hydrogen-bond donors (Lipinski definition) is 0. The SMILES string of the molecule is Cn1c(-c2nc(C3CCC3)cn2CCOc2ccc(OC3CCCN(C(=O)OC(C)(C)C)CC3)cc2)cc2sccc21. The summed E-state index contributed by atoms with van der Waals surface area (Å²) in [6.07, 6.45) is 8.40. The van der Waals surface area contributed by atoms with Crippen molar-refractivity contribution < 1.29 is 19.0 Å². The third-order valence-corrected chi connectivity index (χ3v) is 9.12. The highest BCUT2D eigenvalue weighted by Gasteiger charge is 2.27. The molecule has 3 aromatic heterocycles. The summed E-state index contributed by atoms with van der Waals surface area (Å²) in [5, 5.41) is 2.14. The largest absolute Gasteiger partial charge is 0.492 e. The van der Waals surface area contributed by atoms with E-state index in [4.69, 9.17) is 19.2 Å². The number of likely N-dealkylation sites (tertiary alicyclic amines) is 1. The number of carbonyl (C=O) groups excluding carboxylic acids is 1. The number of aryl methyl sites for hydroxylation is 1. The maximum absolute atomic E-state index is 12.5. The van der Waals surface area contributed by atoms with Gasteiger partial charge in [-0.3, -0.25) is 0 Å². The van der Waals surface area contributed by atoms with Crippen LogP contribution in [-0.4, -0.2) is 56.5 Å². The Morgan fingerprint density at radius 1 is 1.02 bits per heavy atom. The maximum atomic E-state index is 12.5. The van der Waals surface area contributed by atoms with Crippen LogP contribution in [0, 0.1) is 0 Å². The van der Waals surface area contributed by atoms with Gasteiger partial charge in [-0.05, 0) is 88.2 Å². The Labute approximate surface area is 252 Å². The Hall–Kier alpha value is -3.46. The van der Waals surface area contributed by atoms with Crippen molar-refractivity contribution in [2.75, 3.05) is 19.7 Å². The normalized spacial score (nSPS) is 18.1. The van der Waals surface area contributed by atoms with Gasteiger partial charge in [0.15, 0.2) is 5.82 Å². The minimum absolute atomic E-state index is 0.0708. The fourth-order valence-electron chi connectivity index (χ4n) is 5.74. The lowest BCUT2D eigenvalue weighted by molar-refractivity contribution is 0.0252. The van der Waals surface area contributed by atoms with E-state index in [1.807, 2.05) is 45.0 Å². The topological polar surface area (TPSA) is 70.8 Å². The second-order valence-corrected chi connectivity index (χ2v) is 13.5. The highest BCUT2D eigenvalue weighted by Crippen LogP contribution is 2.38. The number of carbonyl (C=O) groups is 1. The number of imidazole rings is 1. The molecule has 42 heavy (non-hydrogen) atoms. The van der Waals surface area contributed by atoms with E-state index in [1.54, 1.807) is 16.2 Å². The average Bonchev–Trinajstić information content (AvgIpc) is 3.56. The number of amides is 1. The van der Waals surface area contributed by atoms with Gasteiger partial charge in [-0.1, -0.05) is 6.42 Å². The van der Waals surface area contributed by atoms with Gasteiger partial charge in [0.05, 0.1) is 28.1 Å². The van der Waals surface area contributed by atoms with Gasteiger partial charge in [0.1, 0.15) is 29.8 Å². The zero-order valence-corrected chi connectivity index (χ0v) is 26.0. The quantitative estimate of drug-likeness (QED) is 0.211. The molecule has 1 saturated heterocycles. The molecule has 0 spiro atoms. The summed E-state index contributed by atoms with van der Waals surface area (Å²) in [6.45, 7) is 8.31. The Morgan fingerprint density at radius 3 is 2.52 bits per heavy atom. The molecule has 1 aliphatic heterocycles. The van der Waals surface area contributed by atoms with Crippen molar-refractivity contribution in [1.82, 2.24) is 19.0 Å². The van der Waals surface area contributed by atoms with Crippen molar-refractivity contribution in [3.05, 3.63) is 53.7 Å². The average molecular weight is 591 g/mol. The molecule has 1 saturated carbocycles. The highest BCUT2D eigenvalue weighted by atomic mass is 32.1. The molecule has 0 radical (unpaired) electrons. The second kappa shape index (κ2) is 12.0. The number of aromatic nitrogens is 3. The summed E-state index contributed by atoms with van der Waals surface area (Å²) in [5.74, 6) is 3.24. The van der Waals surface area contributed by atoms with Gasteiger partial charge in [-0.2, -0.15) is 0 Å². The molecular formula is C33H42N4O4S. The molecule has 0 N–H and O–H groups in total. The predicted octanol–water partition coefficient (Wildman–Crippen LogP) is 7.62. The van der Waals surface area contributed by atoms with E-state index in [9.17, 15) is 4.79 Å². The summed E-state index contributed by atoms with van der Waals surface area (Å²) in [7, 11) is 2.12. The molecule has 1 amide bonds. The third kappa shape index (κ3) is 6.46. The van der Waals surface area contributed by atoms with Crippen molar-refractivity contribution >= 4 is 27.6 Å².